The van der Waals surface area contributed by atoms with E-state index in [0.717, 1.165) is 0 Å². The lowest BCUT2D eigenvalue weighted by Crippen LogP contribution is -2.32. The third-order valence-electron chi connectivity index (χ3n) is 4.13. The molecule has 2 aromatic carbocycles. The molecule has 1 heterocycles. The van der Waals surface area contributed by atoms with Gasteiger partial charge in [-0.3, -0.25) is 4.79 Å². The molecule has 1 N–H and O–H groups in total. The van der Waals surface area contributed by atoms with Gasteiger partial charge in [-0.1, -0.05) is 30.3 Å². The van der Waals surface area contributed by atoms with Crippen LogP contribution in [0.25, 0.3) is 0 Å². The van der Waals surface area contributed by atoms with Gasteiger partial charge in [0.25, 0.3) is 5.91 Å². The van der Waals surface area contributed by atoms with Crippen LogP contribution >= 0.6 is 0 Å². The number of carbonyl (C=O) groups is 2. The van der Waals surface area contributed by atoms with Gasteiger partial charge in [0.1, 0.15) is 6.04 Å². The van der Waals surface area contributed by atoms with Gasteiger partial charge < -0.3 is 5.32 Å². The lowest BCUT2D eigenvalue weighted by Gasteiger charge is -2.18. The van der Waals surface area contributed by atoms with Gasteiger partial charge in [0, 0.05) is 6.42 Å². The number of halogens is 6. The van der Waals surface area contributed by atoms with Crippen molar-refractivity contribution in [3.8, 4) is 0 Å². The normalized spacial score (nSPS) is 17.8. The fourth-order valence-electron chi connectivity index (χ4n) is 2.83. The topological polar surface area (TPSA) is 49.4 Å². The van der Waals surface area contributed by atoms with Crippen molar-refractivity contribution >= 4 is 17.6 Å². The summed E-state index contributed by atoms with van der Waals surface area (Å²) in [6.07, 6.45) is -10.1. The highest BCUT2D eigenvalue weighted by molar-refractivity contribution is 6.21. The summed E-state index contributed by atoms with van der Waals surface area (Å²) >= 11 is 0. The smallest absolute Gasteiger partial charge is 0.325 e. The first-order valence-corrected chi connectivity index (χ1v) is 7.94. The molecule has 148 valence electrons. The molecule has 1 aliphatic heterocycles. The van der Waals surface area contributed by atoms with E-state index in [-0.39, 0.29) is 12.5 Å². The second kappa shape index (κ2) is 6.84. The number of urea groups is 1. The Hall–Kier alpha value is -3.04. The molecule has 2 aromatic rings. The van der Waals surface area contributed by atoms with Crippen LogP contribution in [-0.2, 0) is 23.6 Å². The van der Waals surface area contributed by atoms with E-state index >= 15 is 0 Å². The molecule has 0 saturated carbocycles. The molecule has 10 heteroatoms. The number of anilines is 1. The summed E-state index contributed by atoms with van der Waals surface area (Å²) in [5, 5.41) is 2.29. The Kier molecular flexibility index (Phi) is 4.82. The van der Waals surface area contributed by atoms with Crippen LogP contribution in [-0.4, -0.2) is 18.0 Å². The van der Waals surface area contributed by atoms with E-state index < -0.39 is 47.1 Å². The maximum absolute atomic E-state index is 13.0. The highest BCUT2D eigenvalue weighted by Crippen LogP contribution is 2.39. The first-order chi connectivity index (χ1) is 13.0. The number of nitrogens with one attached hydrogen (secondary N) is 1. The number of imide groups is 1. The summed E-state index contributed by atoms with van der Waals surface area (Å²) in [6.45, 7) is 0. The third kappa shape index (κ3) is 3.95. The van der Waals surface area contributed by atoms with E-state index in [2.05, 4.69) is 5.32 Å². The van der Waals surface area contributed by atoms with Gasteiger partial charge in [-0.05, 0) is 23.8 Å². The average molecular weight is 402 g/mol. The summed E-state index contributed by atoms with van der Waals surface area (Å²) in [5.74, 6) is -0.929. The number of amides is 3. The zero-order valence-corrected chi connectivity index (χ0v) is 13.9. The number of benzene rings is 2. The Morgan fingerprint density at radius 2 is 1.39 bits per heavy atom. The van der Waals surface area contributed by atoms with Crippen LogP contribution < -0.4 is 10.2 Å². The molecule has 3 amide bonds. The van der Waals surface area contributed by atoms with Crippen molar-refractivity contribution in [3.05, 3.63) is 65.2 Å². The van der Waals surface area contributed by atoms with Gasteiger partial charge in [-0.25, -0.2) is 9.69 Å². The summed E-state index contributed by atoms with van der Waals surface area (Å²) in [4.78, 5) is 25.0. The van der Waals surface area contributed by atoms with Gasteiger partial charge in [-0.2, -0.15) is 26.3 Å². The summed E-state index contributed by atoms with van der Waals surface area (Å²) in [6, 6.07) is 6.90. The molecule has 1 aliphatic rings. The molecule has 3 rings (SSSR count). The molecular weight excluding hydrogens is 390 g/mol. The van der Waals surface area contributed by atoms with Crippen LogP contribution in [0, 0.1) is 0 Å². The monoisotopic (exact) mass is 402 g/mol. The fourth-order valence-corrected chi connectivity index (χ4v) is 2.83. The first-order valence-electron chi connectivity index (χ1n) is 7.94. The quantitative estimate of drug-likeness (QED) is 0.612. The number of hydrogen-bond acceptors (Lipinski definition) is 2. The van der Waals surface area contributed by atoms with Crippen molar-refractivity contribution < 1.29 is 35.9 Å². The Morgan fingerprint density at radius 3 is 1.89 bits per heavy atom. The Morgan fingerprint density at radius 1 is 0.857 bits per heavy atom. The molecule has 1 fully saturated rings. The van der Waals surface area contributed by atoms with Crippen LogP contribution in [0.15, 0.2) is 48.5 Å². The SMILES string of the molecule is O=C1NC(Cc2ccccc2)C(=O)N1c1cc(C(F)(F)F)cc(C(F)(F)F)c1. The van der Waals surface area contributed by atoms with Crippen LogP contribution in [0.2, 0.25) is 0 Å². The van der Waals surface area contributed by atoms with E-state index in [0.29, 0.717) is 22.6 Å². The molecule has 0 spiro atoms. The minimum absolute atomic E-state index is 0.0486. The highest BCUT2D eigenvalue weighted by atomic mass is 19.4. The molecule has 1 atom stereocenters. The van der Waals surface area contributed by atoms with Gasteiger partial charge in [0.15, 0.2) is 0 Å². The van der Waals surface area contributed by atoms with Crippen LogP contribution in [0.4, 0.5) is 36.8 Å². The number of nitrogens with zero attached hydrogens (tertiary/aromatic N) is 1. The fraction of sp³-hybridized carbons (Fsp3) is 0.222. The molecule has 1 unspecified atom stereocenters. The molecular formula is C18H12F6N2O2. The number of hydrogen-bond donors (Lipinski definition) is 1. The van der Waals surface area contributed by atoms with Gasteiger partial charge in [-0.15, -0.1) is 0 Å². The van der Waals surface area contributed by atoms with Crippen molar-refractivity contribution in [2.24, 2.45) is 0 Å². The first kappa shape index (κ1) is 19.7. The maximum atomic E-state index is 13.0. The zero-order chi connectivity index (χ0) is 20.7. The van der Waals surface area contributed by atoms with E-state index in [4.69, 9.17) is 0 Å². The number of alkyl halides is 6. The van der Waals surface area contributed by atoms with Crippen LogP contribution in [0.5, 0.6) is 0 Å². The Balaban J connectivity index is 1.98. The lowest BCUT2D eigenvalue weighted by molar-refractivity contribution is -0.143. The van der Waals surface area contributed by atoms with E-state index in [1.165, 1.54) is 0 Å². The van der Waals surface area contributed by atoms with E-state index in [9.17, 15) is 35.9 Å². The molecule has 4 nitrogen and oxygen atoms in total. The van der Waals surface area contributed by atoms with Crippen molar-refractivity contribution in [2.45, 2.75) is 24.8 Å². The Bertz CT molecular complexity index is 876. The largest absolute Gasteiger partial charge is 0.416 e. The minimum atomic E-state index is -5.08. The van der Waals surface area contributed by atoms with Gasteiger partial charge in [0.2, 0.25) is 0 Å². The van der Waals surface area contributed by atoms with Crippen LogP contribution in [0.1, 0.15) is 16.7 Å². The predicted octanol–water partition coefficient (Wildman–Crippen LogP) is 4.39. The minimum Gasteiger partial charge on any atom is -0.325 e. The van der Waals surface area contributed by atoms with Crippen molar-refractivity contribution in [3.63, 3.8) is 0 Å². The number of rotatable bonds is 3. The predicted molar refractivity (Wildman–Crippen MR) is 86.4 cm³/mol. The van der Waals surface area contributed by atoms with Gasteiger partial charge >= 0.3 is 18.4 Å². The van der Waals surface area contributed by atoms with Gasteiger partial charge in [0.05, 0.1) is 16.8 Å². The molecule has 0 radical (unpaired) electrons. The van der Waals surface area contributed by atoms with E-state index in [1.807, 2.05) is 0 Å². The van der Waals surface area contributed by atoms with Crippen molar-refractivity contribution in [1.29, 1.82) is 0 Å². The van der Waals surface area contributed by atoms with Crippen molar-refractivity contribution in [2.75, 3.05) is 4.90 Å². The third-order valence-corrected chi connectivity index (χ3v) is 4.13. The Labute approximate surface area is 154 Å². The summed E-state index contributed by atoms with van der Waals surface area (Å²) in [5.41, 5.74) is -3.34. The summed E-state index contributed by atoms with van der Waals surface area (Å²) in [7, 11) is 0. The van der Waals surface area contributed by atoms with Crippen molar-refractivity contribution in [1.82, 2.24) is 5.32 Å². The molecule has 28 heavy (non-hydrogen) atoms. The van der Waals surface area contributed by atoms with E-state index in [1.54, 1.807) is 30.3 Å². The molecule has 0 aliphatic carbocycles. The standard InChI is InChI=1S/C18H12F6N2O2/c19-17(20,21)11-7-12(18(22,23)24)9-13(8-11)26-15(27)14(25-16(26)28)6-10-4-2-1-3-5-10/h1-5,7-9,14H,6H2,(H,25,28). The van der Waals surface area contributed by atoms with Crippen LogP contribution in [0.3, 0.4) is 0 Å². The maximum Gasteiger partial charge on any atom is 0.416 e. The average Bonchev–Trinajstić information content (AvgIpc) is 2.87. The lowest BCUT2D eigenvalue weighted by atomic mass is 10.1. The molecule has 0 bridgehead atoms. The molecule has 1 saturated heterocycles. The number of carbonyl (C=O) groups excluding carboxylic acids is 2. The molecule has 0 aromatic heterocycles. The second-order valence-electron chi connectivity index (χ2n) is 6.13. The summed E-state index contributed by atoms with van der Waals surface area (Å²) < 4.78 is 78.1. The zero-order valence-electron chi connectivity index (χ0n) is 13.9. The second-order valence-corrected chi connectivity index (χ2v) is 6.13. The highest BCUT2D eigenvalue weighted by Gasteiger charge is 2.42.